The van der Waals surface area contributed by atoms with Crippen molar-refractivity contribution in [3.05, 3.63) is 59.5 Å². The number of benzene rings is 1. The van der Waals surface area contributed by atoms with E-state index in [1.165, 1.54) is 16.7 Å². The first-order valence-corrected chi connectivity index (χ1v) is 6.10. The highest BCUT2D eigenvalue weighted by molar-refractivity contribution is 5.25. The summed E-state index contributed by atoms with van der Waals surface area (Å²) in [5.74, 6) is 0. The molecule has 0 saturated heterocycles. The molecule has 2 heteroatoms. The molecule has 0 saturated carbocycles. The third-order valence-electron chi connectivity index (χ3n) is 2.92. The quantitative estimate of drug-likeness (QED) is 0.849. The lowest BCUT2D eigenvalue weighted by Crippen LogP contribution is -2.22. The van der Waals surface area contributed by atoms with Gasteiger partial charge in [0.05, 0.1) is 12.5 Å². The Bertz CT molecular complexity index is 448. The predicted octanol–water partition coefficient (Wildman–Crippen LogP) is 3.48. The zero-order valence-corrected chi connectivity index (χ0v) is 10.4. The highest BCUT2D eigenvalue weighted by atomic mass is 16.3. The van der Waals surface area contributed by atoms with Gasteiger partial charge in [0.2, 0.25) is 0 Å². The topological polar surface area (TPSA) is 25.2 Å². The van der Waals surface area contributed by atoms with E-state index in [9.17, 15) is 0 Å². The molecule has 17 heavy (non-hydrogen) atoms. The van der Waals surface area contributed by atoms with Crippen molar-refractivity contribution in [1.29, 1.82) is 0 Å². The highest BCUT2D eigenvalue weighted by Gasteiger charge is 2.12. The minimum atomic E-state index is 0.334. The minimum Gasteiger partial charge on any atom is -0.472 e. The molecule has 1 heterocycles. The third-order valence-corrected chi connectivity index (χ3v) is 2.92. The van der Waals surface area contributed by atoms with Gasteiger partial charge in [-0.15, -0.1) is 0 Å². The fraction of sp³-hybridized carbons (Fsp3) is 0.333. The summed E-state index contributed by atoms with van der Waals surface area (Å²) in [5, 5.41) is 3.49. The fourth-order valence-electron chi connectivity index (χ4n) is 2.10. The third kappa shape index (κ3) is 3.21. The second-order valence-corrected chi connectivity index (χ2v) is 4.36. The second kappa shape index (κ2) is 5.69. The van der Waals surface area contributed by atoms with Crippen LogP contribution >= 0.6 is 0 Å². The van der Waals surface area contributed by atoms with Crippen LogP contribution in [0.2, 0.25) is 0 Å². The summed E-state index contributed by atoms with van der Waals surface area (Å²) in [6.45, 7) is 5.22. The van der Waals surface area contributed by atoms with Crippen molar-refractivity contribution in [2.75, 3.05) is 6.54 Å². The maximum absolute atomic E-state index is 5.16. The van der Waals surface area contributed by atoms with E-state index in [1.807, 2.05) is 12.3 Å². The van der Waals surface area contributed by atoms with Crippen LogP contribution in [0.5, 0.6) is 0 Å². The number of aryl methyl sites for hydroxylation is 1. The lowest BCUT2D eigenvalue weighted by molar-refractivity contribution is 0.525. The van der Waals surface area contributed by atoms with Gasteiger partial charge in [0.1, 0.15) is 0 Å². The van der Waals surface area contributed by atoms with Crippen molar-refractivity contribution >= 4 is 0 Å². The SMILES string of the molecule is CCNC(Cc1cccc(C)c1)c1ccoc1. The molecule has 2 rings (SSSR count). The molecule has 1 unspecified atom stereocenters. The van der Waals surface area contributed by atoms with E-state index in [2.05, 4.69) is 43.4 Å². The minimum absolute atomic E-state index is 0.334. The number of likely N-dealkylation sites (N-methyl/N-ethyl adjacent to an activating group) is 1. The van der Waals surface area contributed by atoms with Crippen LogP contribution in [0, 0.1) is 6.92 Å². The van der Waals surface area contributed by atoms with Crippen molar-refractivity contribution in [3.8, 4) is 0 Å². The van der Waals surface area contributed by atoms with Crippen LogP contribution < -0.4 is 5.32 Å². The van der Waals surface area contributed by atoms with E-state index in [-0.39, 0.29) is 0 Å². The molecule has 1 atom stereocenters. The Morgan fingerprint density at radius 1 is 1.29 bits per heavy atom. The molecule has 1 aromatic carbocycles. The molecular weight excluding hydrogens is 210 g/mol. The van der Waals surface area contributed by atoms with Gasteiger partial charge >= 0.3 is 0 Å². The summed E-state index contributed by atoms with van der Waals surface area (Å²) in [5.41, 5.74) is 3.88. The van der Waals surface area contributed by atoms with Gasteiger partial charge in [-0.1, -0.05) is 36.8 Å². The molecule has 1 N–H and O–H groups in total. The number of hydrogen-bond acceptors (Lipinski definition) is 2. The Hall–Kier alpha value is -1.54. The molecule has 0 aliphatic rings. The Kier molecular flexibility index (Phi) is 3.99. The van der Waals surface area contributed by atoms with Gasteiger partial charge < -0.3 is 9.73 Å². The Morgan fingerprint density at radius 2 is 2.18 bits per heavy atom. The van der Waals surface area contributed by atoms with Crippen molar-refractivity contribution in [3.63, 3.8) is 0 Å². The standard InChI is InChI=1S/C15H19NO/c1-3-16-15(14-7-8-17-11-14)10-13-6-4-5-12(2)9-13/h4-9,11,15-16H,3,10H2,1-2H3. The van der Waals surface area contributed by atoms with E-state index in [0.717, 1.165) is 13.0 Å². The van der Waals surface area contributed by atoms with Gasteiger partial charge in [0.25, 0.3) is 0 Å². The van der Waals surface area contributed by atoms with Crippen LogP contribution in [0.3, 0.4) is 0 Å². The summed E-state index contributed by atoms with van der Waals surface area (Å²) in [7, 11) is 0. The molecule has 0 bridgehead atoms. The molecule has 0 fully saturated rings. The molecule has 90 valence electrons. The Morgan fingerprint density at radius 3 is 2.82 bits per heavy atom. The zero-order chi connectivity index (χ0) is 12.1. The number of furan rings is 1. The van der Waals surface area contributed by atoms with Gasteiger partial charge in [-0.05, 0) is 31.5 Å². The first-order chi connectivity index (χ1) is 8.29. The summed E-state index contributed by atoms with van der Waals surface area (Å²) >= 11 is 0. The maximum Gasteiger partial charge on any atom is 0.0950 e. The van der Waals surface area contributed by atoms with Gasteiger partial charge in [-0.25, -0.2) is 0 Å². The molecule has 2 aromatic rings. The van der Waals surface area contributed by atoms with Gasteiger partial charge in [0.15, 0.2) is 0 Å². The number of nitrogens with one attached hydrogen (secondary N) is 1. The predicted molar refractivity (Wildman–Crippen MR) is 70.0 cm³/mol. The highest BCUT2D eigenvalue weighted by Crippen LogP contribution is 2.19. The van der Waals surface area contributed by atoms with Crippen LogP contribution in [-0.2, 0) is 6.42 Å². The van der Waals surface area contributed by atoms with E-state index in [0.29, 0.717) is 6.04 Å². The molecule has 0 radical (unpaired) electrons. The molecule has 0 aliphatic carbocycles. The van der Waals surface area contributed by atoms with E-state index >= 15 is 0 Å². The smallest absolute Gasteiger partial charge is 0.0950 e. The average molecular weight is 229 g/mol. The van der Waals surface area contributed by atoms with E-state index < -0.39 is 0 Å². The van der Waals surface area contributed by atoms with Crippen molar-refractivity contribution in [2.24, 2.45) is 0 Å². The van der Waals surface area contributed by atoms with E-state index in [4.69, 9.17) is 4.42 Å². The summed E-state index contributed by atoms with van der Waals surface area (Å²) in [6.07, 6.45) is 4.55. The molecule has 1 aromatic heterocycles. The zero-order valence-electron chi connectivity index (χ0n) is 10.4. The van der Waals surface area contributed by atoms with Crippen molar-refractivity contribution in [1.82, 2.24) is 5.32 Å². The maximum atomic E-state index is 5.16. The molecule has 0 spiro atoms. The summed E-state index contributed by atoms with van der Waals surface area (Å²) in [6, 6.07) is 11.0. The molecular formula is C15H19NO. The van der Waals surface area contributed by atoms with Crippen molar-refractivity contribution < 1.29 is 4.42 Å². The summed E-state index contributed by atoms with van der Waals surface area (Å²) < 4.78 is 5.16. The summed E-state index contributed by atoms with van der Waals surface area (Å²) in [4.78, 5) is 0. The molecule has 0 amide bonds. The van der Waals surface area contributed by atoms with Gasteiger partial charge in [0, 0.05) is 11.6 Å². The van der Waals surface area contributed by atoms with Gasteiger partial charge in [-0.2, -0.15) is 0 Å². The van der Waals surface area contributed by atoms with Crippen LogP contribution in [0.15, 0.2) is 47.3 Å². The van der Waals surface area contributed by atoms with Crippen molar-refractivity contribution in [2.45, 2.75) is 26.3 Å². The van der Waals surface area contributed by atoms with Gasteiger partial charge in [-0.3, -0.25) is 0 Å². The van der Waals surface area contributed by atoms with Crippen LogP contribution in [0.1, 0.15) is 29.7 Å². The average Bonchev–Trinajstić information content (AvgIpc) is 2.82. The lowest BCUT2D eigenvalue weighted by Gasteiger charge is -2.16. The van der Waals surface area contributed by atoms with Crippen LogP contribution in [0.25, 0.3) is 0 Å². The van der Waals surface area contributed by atoms with E-state index in [1.54, 1.807) is 6.26 Å². The number of rotatable bonds is 5. The largest absolute Gasteiger partial charge is 0.472 e. The fourth-order valence-corrected chi connectivity index (χ4v) is 2.10. The normalized spacial score (nSPS) is 12.6. The lowest BCUT2D eigenvalue weighted by atomic mass is 10.00. The second-order valence-electron chi connectivity index (χ2n) is 4.36. The van der Waals surface area contributed by atoms with Crippen LogP contribution in [-0.4, -0.2) is 6.54 Å². The monoisotopic (exact) mass is 229 g/mol. The van der Waals surface area contributed by atoms with Crippen LogP contribution in [0.4, 0.5) is 0 Å². The first kappa shape index (κ1) is 11.9. The molecule has 2 nitrogen and oxygen atoms in total. The molecule has 0 aliphatic heterocycles. The Balaban J connectivity index is 2.13. The Labute approximate surface area is 103 Å². The first-order valence-electron chi connectivity index (χ1n) is 6.10. The number of hydrogen-bond donors (Lipinski definition) is 1.